The van der Waals surface area contributed by atoms with Crippen molar-refractivity contribution in [2.45, 2.75) is 26.7 Å². The third-order valence-corrected chi connectivity index (χ3v) is 3.12. The molecular formula is C13H20BrN. The number of halogens is 1. The molecular weight excluding hydrogens is 250 g/mol. The molecule has 0 aliphatic heterocycles. The standard InChI is InChI=1S/C13H20BrN/c1-3-15(10-5-4-9-14)13-8-6-7-12(2)11-13/h6-8,11H,3-5,9-10H2,1-2H3. The van der Waals surface area contributed by atoms with Gasteiger partial charge in [-0.25, -0.2) is 0 Å². The third kappa shape index (κ3) is 4.25. The van der Waals surface area contributed by atoms with Crippen LogP contribution in [-0.4, -0.2) is 18.4 Å². The Morgan fingerprint density at radius 2 is 2.07 bits per heavy atom. The first-order chi connectivity index (χ1) is 7.27. The highest BCUT2D eigenvalue weighted by Crippen LogP contribution is 2.16. The van der Waals surface area contributed by atoms with Crippen LogP contribution in [0.25, 0.3) is 0 Å². The molecule has 0 unspecified atom stereocenters. The molecule has 0 heterocycles. The molecule has 0 aromatic heterocycles. The molecule has 0 saturated heterocycles. The Hall–Kier alpha value is -0.500. The van der Waals surface area contributed by atoms with Crippen LogP contribution in [0.3, 0.4) is 0 Å². The van der Waals surface area contributed by atoms with Gasteiger partial charge in [-0.05, 0) is 44.4 Å². The molecule has 0 radical (unpaired) electrons. The molecule has 0 saturated carbocycles. The van der Waals surface area contributed by atoms with Gasteiger partial charge in [-0.3, -0.25) is 0 Å². The summed E-state index contributed by atoms with van der Waals surface area (Å²) in [5, 5.41) is 1.11. The van der Waals surface area contributed by atoms with E-state index < -0.39 is 0 Å². The maximum Gasteiger partial charge on any atom is 0.0368 e. The Morgan fingerprint density at radius 1 is 1.27 bits per heavy atom. The first kappa shape index (κ1) is 12.6. The van der Waals surface area contributed by atoms with Gasteiger partial charge in [0.05, 0.1) is 0 Å². The summed E-state index contributed by atoms with van der Waals surface area (Å²) >= 11 is 3.47. The number of hydrogen-bond acceptors (Lipinski definition) is 1. The lowest BCUT2D eigenvalue weighted by Gasteiger charge is -2.23. The van der Waals surface area contributed by atoms with E-state index in [0.29, 0.717) is 0 Å². The zero-order chi connectivity index (χ0) is 11.1. The van der Waals surface area contributed by atoms with Crippen molar-refractivity contribution in [1.29, 1.82) is 0 Å². The molecule has 0 amide bonds. The minimum absolute atomic E-state index is 1.09. The summed E-state index contributed by atoms with van der Waals surface area (Å²) in [6.45, 7) is 6.61. The topological polar surface area (TPSA) is 3.24 Å². The first-order valence-electron chi connectivity index (χ1n) is 5.65. The van der Waals surface area contributed by atoms with Crippen molar-refractivity contribution in [3.63, 3.8) is 0 Å². The smallest absolute Gasteiger partial charge is 0.0368 e. The Bertz CT molecular complexity index is 286. The summed E-state index contributed by atoms with van der Waals surface area (Å²) in [7, 11) is 0. The van der Waals surface area contributed by atoms with Gasteiger partial charge < -0.3 is 4.90 Å². The molecule has 1 aromatic rings. The SMILES string of the molecule is CCN(CCCCBr)c1cccc(C)c1. The van der Waals surface area contributed by atoms with Gasteiger partial charge >= 0.3 is 0 Å². The number of anilines is 1. The number of benzene rings is 1. The summed E-state index contributed by atoms with van der Waals surface area (Å²) in [4.78, 5) is 2.44. The van der Waals surface area contributed by atoms with Gasteiger partial charge in [-0.15, -0.1) is 0 Å². The predicted molar refractivity (Wildman–Crippen MR) is 72.1 cm³/mol. The summed E-state index contributed by atoms with van der Waals surface area (Å²) in [6.07, 6.45) is 2.51. The van der Waals surface area contributed by atoms with Crippen LogP contribution in [0.4, 0.5) is 5.69 Å². The van der Waals surface area contributed by atoms with Crippen LogP contribution >= 0.6 is 15.9 Å². The molecule has 0 spiro atoms. The molecule has 1 rings (SSSR count). The second-order valence-corrected chi connectivity index (χ2v) is 4.61. The van der Waals surface area contributed by atoms with Gasteiger partial charge in [0, 0.05) is 24.1 Å². The summed E-state index contributed by atoms with van der Waals surface area (Å²) in [5.41, 5.74) is 2.69. The Balaban J connectivity index is 2.57. The molecule has 1 nitrogen and oxygen atoms in total. The van der Waals surface area contributed by atoms with Crippen LogP contribution in [-0.2, 0) is 0 Å². The fourth-order valence-corrected chi connectivity index (χ4v) is 2.09. The van der Waals surface area contributed by atoms with Gasteiger partial charge in [0.1, 0.15) is 0 Å². The number of hydrogen-bond donors (Lipinski definition) is 0. The quantitative estimate of drug-likeness (QED) is 0.558. The molecule has 0 N–H and O–H groups in total. The number of aryl methyl sites for hydroxylation is 1. The van der Waals surface area contributed by atoms with Crippen LogP contribution in [0.15, 0.2) is 24.3 Å². The van der Waals surface area contributed by atoms with Crippen LogP contribution in [0, 0.1) is 6.92 Å². The van der Waals surface area contributed by atoms with E-state index in [4.69, 9.17) is 0 Å². The second kappa shape index (κ2) is 6.89. The maximum atomic E-state index is 3.47. The summed E-state index contributed by atoms with van der Waals surface area (Å²) < 4.78 is 0. The van der Waals surface area contributed by atoms with E-state index in [0.717, 1.165) is 18.4 Å². The van der Waals surface area contributed by atoms with E-state index >= 15 is 0 Å². The highest BCUT2D eigenvalue weighted by Gasteiger charge is 2.03. The van der Waals surface area contributed by atoms with E-state index in [1.807, 2.05) is 0 Å². The molecule has 0 fully saturated rings. The van der Waals surface area contributed by atoms with E-state index in [2.05, 4.69) is 58.9 Å². The Kier molecular flexibility index (Phi) is 5.77. The Morgan fingerprint density at radius 3 is 2.67 bits per heavy atom. The molecule has 0 aliphatic rings. The van der Waals surface area contributed by atoms with Gasteiger partial charge in [0.15, 0.2) is 0 Å². The molecule has 0 aliphatic carbocycles. The first-order valence-corrected chi connectivity index (χ1v) is 6.77. The zero-order valence-corrected chi connectivity index (χ0v) is 11.3. The van der Waals surface area contributed by atoms with E-state index in [1.54, 1.807) is 0 Å². The average Bonchev–Trinajstić information content (AvgIpc) is 2.24. The third-order valence-electron chi connectivity index (χ3n) is 2.56. The largest absolute Gasteiger partial charge is 0.372 e. The van der Waals surface area contributed by atoms with Crippen molar-refractivity contribution >= 4 is 21.6 Å². The number of alkyl halides is 1. The normalized spacial score (nSPS) is 10.3. The van der Waals surface area contributed by atoms with Gasteiger partial charge in [-0.1, -0.05) is 28.1 Å². The number of unbranched alkanes of at least 4 members (excludes halogenated alkanes) is 1. The second-order valence-electron chi connectivity index (χ2n) is 3.81. The predicted octanol–water partition coefficient (Wildman–Crippen LogP) is 4.00. The van der Waals surface area contributed by atoms with E-state index in [9.17, 15) is 0 Å². The van der Waals surface area contributed by atoms with Crippen molar-refractivity contribution in [2.75, 3.05) is 23.3 Å². The van der Waals surface area contributed by atoms with Crippen molar-refractivity contribution < 1.29 is 0 Å². The highest BCUT2D eigenvalue weighted by molar-refractivity contribution is 9.09. The summed E-state index contributed by atoms with van der Waals surface area (Å²) in [6, 6.07) is 8.75. The number of rotatable bonds is 6. The lowest BCUT2D eigenvalue weighted by atomic mass is 10.2. The molecule has 2 heteroatoms. The monoisotopic (exact) mass is 269 g/mol. The van der Waals surface area contributed by atoms with Crippen molar-refractivity contribution in [3.05, 3.63) is 29.8 Å². The van der Waals surface area contributed by atoms with Crippen LogP contribution in [0.1, 0.15) is 25.3 Å². The van der Waals surface area contributed by atoms with Gasteiger partial charge in [0.2, 0.25) is 0 Å². The lowest BCUT2D eigenvalue weighted by Crippen LogP contribution is -2.23. The lowest BCUT2D eigenvalue weighted by molar-refractivity contribution is 0.738. The van der Waals surface area contributed by atoms with Crippen LogP contribution in [0.2, 0.25) is 0 Å². The fourth-order valence-electron chi connectivity index (χ4n) is 1.69. The minimum Gasteiger partial charge on any atom is -0.372 e. The molecule has 15 heavy (non-hydrogen) atoms. The molecule has 1 aromatic carbocycles. The Labute approximate surface area is 102 Å². The molecule has 0 bridgehead atoms. The van der Waals surface area contributed by atoms with E-state index in [1.165, 1.54) is 24.1 Å². The zero-order valence-electron chi connectivity index (χ0n) is 9.67. The molecule has 0 atom stereocenters. The maximum absolute atomic E-state index is 3.47. The highest BCUT2D eigenvalue weighted by atomic mass is 79.9. The van der Waals surface area contributed by atoms with E-state index in [-0.39, 0.29) is 0 Å². The van der Waals surface area contributed by atoms with Gasteiger partial charge in [-0.2, -0.15) is 0 Å². The van der Waals surface area contributed by atoms with Crippen molar-refractivity contribution in [3.8, 4) is 0 Å². The summed E-state index contributed by atoms with van der Waals surface area (Å²) in [5.74, 6) is 0. The molecule has 84 valence electrons. The van der Waals surface area contributed by atoms with Crippen molar-refractivity contribution in [2.24, 2.45) is 0 Å². The van der Waals surface area contributed by atoms with Crippen LogP contribution < -0.4 is 4.90 Å². The van der Waals surface area contributed by atoms with Gasteiger partial charge in [0.25, 0.3) is 0 Å². The average molecular weight is 270 g/mol. The van der Waals surface area contributed by atoms with Crippen LogP contribution in [0.5, 0.6) is 0 Å². The minimum atomic E-state index is 1.09. The number of nitrogens with zero attached hydrogens (tertiary/aromatic N) is 1. The van der Waals surface area contributed by atoms with Crippen molar-refractivity contribution in [1.82, 2.24) is 0 Å². The fraction of sp³-hybridized carbons (Fsp3) is 0.538.